The van der Waals surface area contributed by atoms with Crippen molar-refractivity contribution in [2.24, 2.45) is 0 Å². The average molecular weight is 244 g/mol. The molecule has 0 rings (SSSR count). The third-order valence-electron chi connectivity index (χ3n) is 1.69. The highest BCUT2D eigenvalue weighted by Gasteiger charge is 2.19. The maximum absolute atomic E-state index is 11.0. The number of rotatable bonds is 4. The van der Waals surface area contributed by atoms with Crippen LogP contribution in [0.15, 0.2) is 0 Å². The van der Waals surface area contributed by atoms with Gasteiger partial charge in [0.2, 0.25) is 10.0 Å². The molecule has 3 nitrogen and oxygen atoms in total. The van der Waals surface area contributed by atoms with Gasteiger partial charge in [-0.25, -0.2) is 12.7 Å². The molecule has 1 atom stereocenters. The molecule has 0 aromatic carbocycles. The monoisotopic (exact) mass is 243 g/mol. The average Bonchev–Trinajstić information content (AvgIpc) is 1.88. The van der Waals surface area contributed by atoms with Crippen LogP contribution in [0.1, 0.15) is 13.3 Å². The van der Waals surface area contributed by atoms with Crippen LogP contribution >= 0.6 is 15.9 Å². The Kier molecular flexibility index (Phi) is 4.58. The molecule has 0 N–H and O–H groups in total. The van der Waals surface area contributed by atoms with Gasteiger partial charge in [0.05, 0.1) is 6.26 Å². The van der Waals surface area contributed by atoms with E-state index in [1.54, 1.807) is 7.05 Å². The lowest BCUT2D eigenvalue weighted by Crippen LogP contribution is -2.36. The first-order valence-electron chi connectivity index (χ1n) is 3.42. The Morgan fingerprint density at radius 2 is 2.00 bits per heavy atom. The molecule has 0 aromatic rings. The maximum Gasteiger partial charge on any atom is 0.211 e. The summed E-state index contributed by atoms with van der Waals surface area (Å²) in [6, 6.07) is 0.0741. The molecule has 0 amide bonds. The third kappa shape index (κ3) is 3.53. The molecule has 0 heterocycles. The SMILES string of the molecule is CCC(CBr)N(C)S(C)(=O)=O. The van der Waals surface area contributed by atoms with Crippen molar-refractivity contribution >= 4 is 26.0 Å². The van der Waals surface area contributed by atoms with Crippen molar-refractivity contribution in [1.82, 2.24) is 4.31 Å². The molecular formula is C6H14BrNO2S. The van der Waals surface area contributed by atoms with E-state index in [2.05, 4.69) is 15.9 Å². The van der Waals surface area contributed by atoms with E-state index in [9.17, 15) is 8.42 Å². The van der Waals surface area contributed by atoms with Crippen molar-refractivity contribution in [3.63, 3.8) is 0 Å². The lowest BCUT2D eigenvalue weighted by molar-refractivity contribution is 0.390. The van der Waals surface area contributed by atoms with Crippen molar-refractivity contribution in [3.8, 4) is 0 Å². The first kappa shape index (κ1) is 11.4. The number of alkyl halides is 1. The van der Waals surface area contributed by atoms with Gasteiger partial charge >= 0.3 is 0 Å². The number of halogens is 1. The maximum atomic E-state index is 11.0. The van der Waals surface area contributed by atoms with Gasteiger partial charge in [-0.2, -0.15) is 0 Å². The van der Waals surface area contributed by atoms with Gasteiger partial charge < -0.3 is 0 Å². The summed E-state index contributed by atoms with van der Waals surface area (Å²) < 4.78 is 23.4. The van der Waals surface area contributed by atoms with Gasteiger partial charge in [-0.1, -0.05) is 22.9 Å². The summed E-state index contributed by atoms with van der Waals surface area (Å²) in [5.41, 5.74) is 0. The lowest BCUT2D eigenvalue weighted by atomic mass is 10.3. The van der Waals surface area contributed by atoms with Crippen LogP contribution in [-0.2, 0) is 10.0 Å². The third-order valence-corrected chi connectivity index (χ3v) is 3.78. The van der Waals surface area contributed by atoms with Crippen LogP contribution in [0.25, 0.3) is 0 Å². The van der Waals surface area contributed by atoms with Gasteiger partial charge in [-0.3, -0.25) is 0 Å². The summed E-state index contributed by atoms with van der Waals surface area (Å²) in [5.74, 6) is 0. The zero-order valence-corrected chi connectivity index (χ0v) is 9.44. The molecule has 5 heteroatoms. The minimum atomic E-state index is -3.02. The Morgan fingerprint density at radius 1 is 1.55 bits per heavy atom. The first-order chi connectivity index (χ1) is 4.93. The van der Waals surface area contributed by atoms with Gasteiger partial charge in [0.15, 0.2) is 0 Å². The molecule has 0 aromatic heterocycles. The summed E-state index contributed by atoms with van der Waals surface area (Å²) in [4.78, 5) is 0. The summed E-state index contributed by atoms with van der Waals surface area (Å²) in [6.45, 7) is 1.97. The molecule has 0 aliphatic rings. The lowest BCUT2D eigenvalue weighted by Gasteiger charge is -2.22. The Balaban J connectivity index is 4.33. The fourth-order valence-electron chi connectivity index (χ4n) is 0.734. The molecule has 0 aliphatic carbocycles. The molecule has 0 spiro atoms. The molecule has 1 unspecified atom stereocenters. The molecule has 0 fully saturated rings. The summed E-state index contributed by atoms with van der Waals surface area (Å²) >= 11 is 3.26. The second kappa shape index (κ2) is 4.42. The second-order valence-corrected chi connectivity index (χ2v) is 5.19. The Hall–Kier alpha value is 0.390. The van der Waals surface area contributed by atoms with E-state index in [4.69, 9.17) is 0 Å². The quantitative estimate of drug-likeness (QED) is 0.693. The van der Waals surface area contributed by atoms with E-state index in [0.717, 1.165) is 6.42 Å². The molecule has 0 saturated heterocycles. The minimum Gasteiger partial charge on any atom is -0.213 e. The Labute approximate surface area is 77.0 Å². The van der Waals surface area contributed by atoms with Gasteiger partial charge in [0.25, 0.3) is 0 Å². The Bertz CT molecular complexity index is 199. The van der Waals surface area contributed by atoms with Crippen molar-refractivity contribution in [2.45, 2.75) is 19.4 Å². The van der Waals surface area contributed by atoms with E-state index in [1.807, 2.05) is 6.92 Å². The van der Waals surface area contributed by atoms with E-state index < -0.39 is 10.0 Å². The van der Waals surface area contributed by atoms with Crippen LogP contribution in [0, 0.1) is 0 Å². The second-order valence-electron chi connectivity index (χ2n) is 2.50. The zero-order valence-electron chi connectivity index (χ0n) is 7.04. The first-order valence-corrected chi connectivity index (χ1v) is 6.39. The summed E-state index contributed by atoms with van der Waals surface area (Å²) in [5, 5.41) is 0.688. The summed E-state index contributed by atoms with van der Waals surface area (Å²) in [6.07, 6.45) is 2.05. The predicted octanol–water partition coefficient (Wildman–Crippen LogP) is 1.05. The molecule has 0 bridgehead atoms. The van der Waals surface area contributed by atoms with Crippen LogP contribution in [0.5, 0.6) is 0 Å². The van der Waals surface area contributed by atoms with Gasteiger partial charge in [-0.05, 0) is 6.42 Å². The highest BCUT2D eigenvalue weighted by atomic mass is 79.9. The molecule has 11 heavy (non-hydrogen) atoms. The van der Waals surface area contributed by atoms with Gasteiger partial charge in [0, 0.05) is 18.4 Å². The molecule has 0 radical (unpaired) electrons. The summed E-state index contributed by atoms with van der Waals surface area (Å²) in [7, 11) is -1.42. The van der Waals surface area contributed by atoms with E-state index in [0.29, 0.717) is 5.33 Å². The van der Waals surface area contributed by atoms with E-state index >= 15 is 0 Å². The number of sulfonamides is 1. The predicted molar refractivity (Wildman–Crippen MR) is 50.5 cm³/mol. The van der Waals surface area contributed by atoms with Crippen molar-refractivity contribution in [2.75, 3.05) is 18.6 Å². The van der Waals surface area contributed by atoms with Gasteiger partial charge in [-0.15, -0.1) is 0 Å². The fraction of sp³-hybridized carbons (Fsp3) is 1.00. The Morgan fingerprint density at radius 3 is 2.09 bits per heavy atom. The van der Waals surface area contributed by atoms with Crippen molar-refractivity contribution in [3.05, 3.63) is 0 Å². The van der Waals surface area contributed by atoms with Gasteiger partial charge in [0.1, 0.15) is 0 Å². The molecule has 0 saturated carbocycles. The minimum absolute atomic E-state index is 0.0741. The standard InChI is InChI=1S/C6H14BrNO2S/c1-4-6(5-7)8(2)11(3,9)10/h6H,4-5H2,1-3H3. The van der Waals surface area contributed by atoms with Crippen molar-refractivity contribution < 1.29 is 8.42 Å². The van der Waals surface area contributed by atoms with Crippen LogP contribution in [0.3, 0.4) is 0 Å². The highest BCUT2D eigenvalue weighted by Crippen LogP contribution is 2.08. The molecular weight excluding hydrogens is 230 g/mol. The number of hydrogen-bond acceptors (Lipinski definition) is 2. The van der Waals surface area contributed by atoms with Crippen LogP contribution in [0.4, 0.5) is 0 Å². The van der Waals surface area contributed by atoms with Crippen molar-refractivity contribution in [1.29, 1.82) is 0 Å². The normalized spacial score (nSPS) is 15.4. The van der Waals surface area contributed by atoms with E-state index in [-0.39, 0.29) is 6.04 Å². The topological polar surface area (TPSA) is 37.4 Å². The van der Waals surface area contributed by atoms with Crippen LogP contribution in [-0.4, -0.2) is 37.4 Å². The van der Waals surface area contributed by atoms with Crippen LogP contribution in [0.2, 0.25) is 0 Å². The number of hydrogen-bond donors (Lipinski definition) is 0. The van der Waals surface area contributed by atoms with Crippen LogP contribution < -0.4 is 0 Å². The van der Waals surface area contributed by atoms with E-state index in [1.165, 1.54) is 10.6 Å². The zero-order chi connectivity index (χ0) is 9.07. The largest absolute Gasteiger partial charge is 0.213 e. The molecule has 0 aliphatic heterocycles. The smallest absolute Gasteiger partial charge is 0.211 e. The highest BCUT2D eigenvalue weighted by molar-refractivity contribution is 9.09. The number of nitrogens with zero attached hydrogens (tertiary/aromatic N) is 1. The molecule has 68 valence electrons. The fourth-order valence-corrected chi connectivity index (χ4v) is 2.58.